The van der Waals surface area contributed by atoms with Crippen molar-refractivity contribution in [1.82, 2.24) is 15.6 Å². The van der Waals surface area contributed by atoms with Gasteiger partial charge in [0.05, 0.1) is 23.3 Å². The number of hydrogen-bond donors (Lipinski definition) is 2. The van der Waals surface area contributed by atoms with Gasteiger partial charge < -0.3 is 10.6 Å². The van der Waals surface area contributed by atoms with Crippen molar-refractivity contribution in [3.8, 4) is 0 Å². The molecule has 1 atom stereocenters. The van der Waals surface area contributed by atoms with Crippen molar-refractivity contribution in [2.75, 3.05) is 0 Å². The van der Waals surface area contributed by atoms with Crippen LogP contribution in [0.4, 0.5) is 4.79 Å². The average molecular weight is 396 g/mol. The van der Waals surface area contributed by atoms with E-state index in [0.717, 1.165) is 20.7 Å². The molecule has 2 rings (SSSR count). The fourth-order valence-corrected chi connectivity index (χ4v) is 3.59. The van der Waals surface area contributed by atoms with Crippen molar-refractivity contribution < 1.29 is 4.79 Å². The van der Waals surface area contributed by atoms with Crippen LogP contribution in [0.25, 0.3) is 0 Å². The standard InChI is InChI=1S/C17H22BrN3OS/c1-11(13-7-5-6-8-14(13)18)20-16(22)19-9-12-10-23-15(21-12)17(2,3)4/h5-8,10-11H,9H2,1-4H3,(H2,19,20,22). The molecule has 23 heavy (non-hydrogen) atoms. The van der Waals surface area contributed by atoms with Gasteiger partial charge in [-0.25, -0.2) is 9.78 Å². The first-order valence-corrected chi connectivity index (χ1v) is 9.18. The molecule has 4 nitrogen and oxygen atoms in total. The maximum atomic E-state index is 12.1. The first-order chi connectivity index (χ1) is 10.8. The molecule has 0 aliphatic heterocycles. The third kappa shape index (κ3) is 5.04. The van der Waals surface area contributed by atoms with E-state index in [4.69, 9.17) is 0 Å². The van der Waals surface area contributed by atoms with Crippen LogP contribution in [0.15, 0.2) is 34.1 Å². The minimum absolute atomic E-state index is 0.0409. The van der Waals surface area contributed by atoms with Gasteiger partial charge in [0.1, 0.15) is 0 Å². The SMILES string of the molecule is CC(NC(=O)NCc1csc(C(C)(C)C)n1)c1ccccc1Br. The van der Waals surface area contributed by atoms with Crippen molar-refractivity contribution in [2.24, 2.45) is 0 Å². The number of nitrogens with zero attached hydrogens (tertiary/aromatic N) is 1. The lowest BCUT2D eigenvalue weighted by Crippen LogP contribution is -2.36. The van der Waals surface area contributed by atoms with Crippen LogP contribution in [-0.4, -0.2) is 11.0 Å². The number of rotatable bonds is 4. The smallest absolute Gasteiger partial charge is 0.315 e. The Morgan fingerprint density at radius 1 is 1.35 bits per heavy atom. The average Bonchev–Trinajstić information content (AvgIpc) is 2.94. The molecule has 2 amide bonds. The van der Waals surface area contributed by atoms with E-state index in [-0.39, 0.29) is 17.5 Å². The van der Waals surface area contributed by atoms with Gasteiger partial charge in [0.25, 0.3) is 0 Å². The van der Waals surface area contributed by atoms with E-state index in [1.54, 1.807) is 11.3 Å². The monoisotopic (exact) mass is 395 g/mol. The third-order valence-electron chi connectivity index (χ3n) is 3.34. The maximum absolute atomic E-state index is 12.1. The normalized spacial score (nSPS) is 12.7. The summed E-state index contributed by atoms with van der Waals surface area (Å²) in [6.45, 7) is 8.79. The molecule has 0 saturated carbocycles. The Hall–Kier alpha value is -1.40. The summed E-state index contributed by atoms with van der Waals surface area (Å²) < 4.78 is 0.988. The fraction of sp³-hybridized carbons (Fsp3) is 0.412. The van der Waals surface area contributed by atoms with E-state index >= 15 is 0 Å². The number of urea groups is 1. The van der Waals surface area contributed by atoms with E-state index in [2.05, 4.69) is 52.3 Å². The topological polar surface area (TPSA) is 54.0 Å². The van der Waals surface area contributed by atoms with E-state index in [0.29, 0.717) is 6.54 Å². The number of carbonyl (C=O) groups excluding carboxylic acids is 1. The van der Waals surface area contributed by atoms with Crippen LogP contribution in [0.3, 0.4) is 0 Å². The number of thiazole rings is 1. The Kier molecular flexibility index (Phi) is 5.81. The molecule has 0 aliphatic carbocycles. The summed E-state index contributed by atoms with van der Waals surface area (Å²) in [4.78, 5) is 16.6. The summed E-state index contributed by atoms with van der Waals surface area (Å²) >= 11 is 5.14. The number of nitrogens with one attached hydrogen (secondary N) is 2. The summed E-state index contributed by atoms with van der Waals surface area (Å²) in [6.07, 6.45) is 0. The second-order valence-corrected chi connectivity index (χ2v) is 8.18. The molecule has 0 spiro atoms. The molecule has 124 valence electrons. The van der Waals surface area contributed by atoms with Gasteiger partial charge in [0.2, 0.25) is 0 Å². The van der Waals surface area contributed by atoms with Crippen LogP contribution in [0.2, 0.25) is 0 Å². The van der Waals surface area contributed by atoms with Crippen LogP contribution in [0.5, 0.6) is 0 Å². The van der Waals surface area contributed by atoms with E-state index in [1.165, 1.54) is 0 Å². The minimum Gasteiger partial charge on any atom is -0.332 e. The van der Waals surface area contributed by atoms with E-state index in [9.17, 15) is 4.79 Å². The Labute approximate surface area is 149 Å². The van der Waals surface area contributed by atoms with Gasteiger partial charge in [-0.1, -0.05) is 54.9 Å². The highest BCUT2D eigenvalue weighted by Gasteiger charge is 2.18. The summed E-state index contributed by atoms with van der Waals surface area (Å²) in [6, 6.07) is 7.60. The lowest BCUT2D eigenvalue weighted by Gasteiger charge is -2.16. The number of carbonyl (C=O) groups is 1. The first-order valence-electron chi connectivity index (χ1n) is 7.51. The molecule has 6 heteroatoms. The molecule has 2 N–H and O–H groups in total. The van der Waals surface area contributed by atoms with Crippen molar-refractivity contribution in [1.29, 1.82) is 0 Å². The Morgan fingerprint density at radius 3 is 2.65 bits per heavy atom. The molecule has 0 fully saturated rings. The number of halogens is 1. The van der Waals surface area contributed by atoms with Crippen LogP contribution in [-0.2, 0) is 12.0 Å². The molecule has 2 aromatic rings. The van der Waals surface area contributed by atoms with Crippen LogP contribution >= 0.6 is 27.3 Å². The molecule has 1 aromatic heterocycles. The van der Waals surface area contributed by atoms with Crippen molar-refractivity contribution in [3.63, 3.8) is 0 Å². The van der Waals surface area contributed by atoms with Gasteiger partial charge in [0.15, 0.2) is 0 Å². The van der Waals surface area contributed by atoms with Crippen LogP contribution in [0, 0.1) is 0 Å². The lowest BCUT2D eigenvalue weighted by molar-refractivity contribution is 0.237. The second-order valence-electron chi connectivity index (χ2n) is 6.46. The van der Waals surface area contributed by atoms with Gasteiger partial charge in [-0.15, -0.1) is 11.3 Å². The number of hydrogen-bond acceptors (Lipinski definition) is 3. The first kappa shape index (κ1) is 17.9. The summed E-state index contributed by atoms with van der Waals surface area (Å²) in [5.74, 6) is 0. The summed E-state index contributed by atoms with van der Waals surface area (Å²) in [5.41, 5.74) is 1.98. The highest BCUT2D eigenvalue weighted by Crippen LogP contribution is 2.25. The van der Waals surface area contributed by atoms with Gasteiger partial charge in [-0.05, 0) is 18.6 Å². The Bertz CT molecular complexity index is 678. The molecule has 0 saturated heterocycles. The summed E-state index contributed by atoms with van der Waals surface area (Å²) in [5, 5.41) is 8.88. The zero-order chi connectivity index (χ0) is 17.0. The van der Waals surface area contributed by atoms with Gasteiger partial charge in [-0.2, -0.15) is 0 Å². The molecule has 1 heterocycles. The quantitative estimate of drug-likeness (QED) is 0.783. The molecule has 0 aliphatic rings. The van der Waals surface area contributed by atoms with Gasteiger partial charge in [-0.3, -0.25) is 0 Å². The highest BCUT2D eigenvalue weighted by atomic mass is 79.9. The zero-order valence-corrected chi connectivity index (χ0v) is 16.2. The zero-order valence-electron chi connectivity index (χ0n) is 13.8. The van der Waals surface area contributed by atoms with E-state index in [1.807, 2.05) is 36.6 Å². The lowest BCUT2D eigenvalue weighted by atomic mass is 9.98. The molecular formula is C17H22BrN3OS. The van der Waals surface area contributed by atoms with Crippen LogP contribution < -0.4 is 10.6 Å². The summed E-state index contributed by atoms with van der Waals surface area (Å²) in [7, 11) is 0. The molecule has 0 radical (unpaired) electrons. The van der Waals surface area contributed by atoms with Crippen LogP contribution in [0.1, 0.15) is 50.0 Å². The number of benzene rings is 1. The molecule has 1 aromatic carbocycles. The predicted molar refractivity (Wildman–Crippen MR) is 98.7 cm³/mol. The third-order valence-corrected chi connectivity index (χ3v) is 5.38. The highest BCUT2D eigenvalue weighted by molar-refractivity contribution is 9.10. The minimum atomic E-state index is -0.196. The Morgan fingerprint density at radius 2 is 2.04 bits per heavy atom. The van der Waals surface area contributed by atoms with Crippen molar-refractivity contribution in [2.45, 2.75) is 45.7 Å². The maximum Gasteiger partial charge on any atom is 0.315 e. The molecular weight excluding hydrogens is 374 g/mol. The van der Waals surface area contributed by atoms with Gasteiger partial charge in [0, 0.05) is 15.3 Å². The predicted octanol–water partition coefficient (Wildman–Crippen LogP) is 4.76. The Balaban J connectivity index is 1.88. The second kappa shape index (κ2) is 7.45. The van der Waals surface area contributed by atoms with Crippen molar-refractivity contribution >= 4 is 33.3 Å². The largest absolute Gasteiger partial charge is 0.332 e. The van der Waals surface area contributed by atoms with Crippen molar-refractivity contribution in [3.05, 3.63) is 50.4 Å². The fourth-order valence-electron chi connectivity index (χ4n) is 2.06. The number of amides is 2. The van der Waals surface area contributed by atoms with E-state index < -0.39 is 0 Å². The molecule has 0 bridgehead atoms. The van der Waals surface area contributed by atoms with Gasteiger partial charge >= 0.3 is 6.03 Å². The number of aromatic nitrogens is 1. The molecule has 1 unspecified atom stereocenters.